The number of carbonyl (C=O) groups is 2. The molecule has 0 aromatic rings. The van der Waals surface area contributed by atoms with Crippen molar-refractivity contribution in [2.24, 2.45) is 0 Å². The summed E-state index contributed by atoms with van der Waals surface area (Å²) in [5.41, 5.74) is 0. The molecule has 0 aliphatic carbocycles. The van der Waals surface area contributed by atoms with Crippen LogP contribution in [-0.2, 0) is 19.1 Å². The number of aliphatic hydroxyl groups is 1. The van der Waals surface area contributed by atoms with E-state index < -0.39 is 6.10 Å². The van der Waals surface area contributed by atoms with Crippen molar-refractivity contribution in [2.75, 3.05) is 13.2 Å². The average molecular weight is 817 g/mol. The summed E-state index contributed by atoms with van der Waals surface area (Å²) in [4.78, 5) is 24.3. The van der Waals surface area contributed by atoms with E-state index in [9.17, 15) is 14.7 Å². The number of carbonyl (C=O) groups excluding carboxylic acids is 2. The maximum Gasteiger partial charge on any atom is 0.306 e. The number of ether oxygens (including phenoxy) is 2. The van der Waals surface area contributed by atoms with Gasteiger partial charge in [-0.15, -0.1) is 0 Å². The molecule has 0 heterocycles. The second-order valence-electron chi connectivity index (χ2n) is 15.5. The molecule has 0 spiro atoms. The van der Waals surface area contributed by atoms with Crippen LogP contribution < -0.4 is 0 Å². The lowest BCUT2D eigenvalue weighted by Crippen LogP contribution is -2.28. The molecular weight excluding hydrogens is 729 g/mol. The van der Waals surface area contributed by atoms with Gasteiger partial charge in [-0.3, -0.25) is 9.59 Å². The number of aliphatic hydroxyl groups excluding tert-OH is 1. The molecule has 334 valence electrons. The Kier molecular flexibility index (Phi) is 46.1. The van der Waals surface area contributed by atoms with Gasteiger partial charge in [0.25, 0.3) is 0 Å². The zero-order chi connectivity index (χ0) is 42.8. The Morgan fingerprint density at radius 2 is 0.729 bits per heavy atom. The molecule has 0 aromatic carbocycles. The molecule has 1 unspecified atom stereocenters. The molecule has 0 radical (unpaired) electrons. The third kappa shape index (κ3) is 47.1. The van der Waals surface area contributed by atoms with E-state index >= 15 is 0 Å². The Morgan fingerprint density at radius 3 is 1.10 bits per heavy atom. The van der Waals surface area contributed by atoms with Crippen LogP contribution in [0.1, 0.15) is 200 Å². The highest BCUT2D eigenvalue weighted by molar-refractivity contribution is 5.70. The van der Waals surface area contributed by atoms with Crippen LogP contribution in [0.3, 0.4) is 0 Å². The normalized spacial score (nSPS) is 13.2. The van der Waals surface area contributed by atoms with Crippen LogP contribution in [0.4, 0.5) is 0 Å². The van der Waals surface area contributed by atoms with Crippen molar-refractivity contribution < 1.29 is 24.2 Å². The largest absolute Gasteiger partial charge is 0.462 e. The fourth-order valence-corrected chi connectivity index (χ4v) is 6.25. The molecule has 1 atom stereocenters. The van der Waals surface area contributed by atoms with Crippen LogP contribution in [0.5, 0.6) is 0 Å². The summed E-state index contributed by atoms with van der Waals surface area (Å²) in [7, 11) is 0. The fraction of sp³-hybridized carbons (Fsp3) is 0.630. The Balaban J connectivity index is 3.65. The van der Waals surface area contributed by atoms with Gasteiger partial charge in [-0.1, -0.05) is 213 Å². The monoisotopic (exact) mass is 817 g/mol. The molecule has 0 aliphatic heterocycles. The van der Waals surface area contributed by atoms with Gasteiger partial charge in [-0.2, -0.15) is 0 Å². The Labute approximate surface area is 363 Å². The summed E-state index contributed by atoms with van der Waals surface area (Å²) in [5, 5.41) is 9.58. The summed E-state index contributed by atoms with van der Waals surface area (Å²) in [6.45, 7) is 3.99. The first-order valence-electron chi connectivity index (χ1n) is 23.9. The van der Waals surface area contributed by atoms with Gasteiger partial charge in [0.05, 0.1) is 6.61 Å². The molecule has 0 saturated heterocycles. The van der Waals surface area contributed by atoms with Crippen LogP contribution in [0.15, 0.2) is 109 Å². The number of hydrogen-bond donors (Lipinski definition) is 1. The van der Waals surface area contributed by atoms with Crippen molar-refractivity contribution >= 4 is 11.9 Å². The first kappa shape index (κ1) is 55.6. The topological polar surface area (TPSA) is 72.8 Å². The third-order valence-electron chi connectivity index (χ3n) is 9.83. The molecule has 5 heteroatoms. The highest BCUT2D eigenvalue weighted by Crippen LogP contribution is 2.13. The van der Waals surface area contributed by atoms with Crippen LogP contribution in [-0.4, -0.2) is 36.4 Å². The van der Waals surface area contributed by atoms with Crippen molar-refractivity contribution in [3.8, 4) is 0 Å². The molecule has 0 fully saturated rings. The van der Waals surface area contributed by atoms with E-state index in [1.54, 1.807) is 0 Å². The van der Waals surface area contributed by atoms with Gasteiger partial charge in [0.1, 0.15) is 6.61 Å². The summed E-state index contributed by atoms with van der Waals surface area (Å²) >= 11 is 0. The molecule has 0 rings (SSSR count). The number of esters is 2. The SMILES string of the molecule is CC/C=C\C/C=C\C/C=C\C/C=C\C/C=C\C/C=C\C/C=C\C/C=C\C/C=C\CCCCCCCC(=O)OC(CO)COC(=O)CCCCCCCCCCCCCC. The van der Waals surface area contributed by atoms with Crippen LogP contribution in [0.2, 0.25) is 0 Å². The lowest BCUT2D eigenvalue weighted by Gasteiger charge is -2.15. The van der Waals surface area contributed by atoms with Gasteiger partial charge in [0, 0.05) is 12.8 Å². The summed E-state index contributed by atoms with van der Waals surface area (Å²) in [5.74, 6) is -0.619. The average Bonchev–Trinajstić information content (AvgIpc) is 3.24. The molecule has 5 nitrogen and oxygen atoms in total. The second kappa shape index (κ2) is 48.9. The smallest absolute Gasteiger partial charge is 0.306 e. The van der Waals surface area contributed by atoms with Gasteiger partial charge in [-0.05, 0) is 83.5 Å². The predicted molar refractivity (Wildman–Crippen MR) is 255 cm³/mol. The lowest BCUT2D eigenvalue weighted by molar-refractivity contribution is -0.161. The van der Waals surface area contributed by atoms with Gasteiger partial charge in [0.2, 0.25) is 0 Å². The minimum Gasteiger partial charge on any atom is -0.462 e. The minimum atomic E-state index is -0.787. The molecule has 59 heavy (non-hydrogen) atoms. The molecule has 0 aliphatic rings. The molecular formula is C54H88O5. The number of hydrogen-bond acceptors (Lipinski definition) is 5. The summed E-state index contributed by atoms with van der Waals surface area (Å²) in [6.07, 6.45) is 70.3. The molecule has 0 saturated carbocycles. The predicted octanol–water partition coefficient (Wildman–Crippen LogP) is 15.8. The highest BCUT2D eigenvalue weighted by Gasteiger charge is 2.16. The van der Waals surface area contributed by atoms with Crippen molar-refractivity contribution in [3.05, 3.63) is 109 Å². The molecule has 0 amide bonds. The first-order valence-corrected chi connectivity index (χ1v) is 23.9. The summed E-state index contributed by atoms with van der Waals surface area (Å²) < 4.78 is 10.6. The van der Waals surface area contributed by atoms with Crippen molar-refractivity contribution in [3.63, 3.8) is 0 Å². The van der Waals surface area contributed by atoms with Crippen molar-refractivity contribution in [2.45, 2.75) is 206 Å². The number of rotatable bonds is 42. The van der Waals surface area contributed by atoms with Crippen LogP contribution in [0, 0.1) is 0 Å². The van der Waals surface area contributed by atoms with E-state index in [0.29, 0.717) is 12.8 Å². The summed E-state index contributed by atoms with van der Waals surface area (Å²) in [6, 6.07) is 0. The maximum atomic E-state index is 12.2. The maximum absolute atomic E-state index is 12.2. The number of unbranched alkanes of at least 4 members (excludes halogenated alkanes) is 16. The van der Waals surface area contributed by atoms with Gasteiger partial charge >= 0.3 is 11.9 Å². The van der Waals surface area contributed by atoms with E-state index in [2.05, 4.69) is 123 Å². The standard InChI is InChI=1S/C54H88O5/c1-3-5-7-9-11-13-15-17-18-19-20-21-22-23-24-25-26-27-28-29-30-31-32-33-34-35-36-37-39-41-43-45-47-49-54(57)59-52(50-55)51-58-53(56)48-46-44-42-40-38-16-14-12-10-8-6-4-2/h5,7,11,13,17-18,20-21,23-24,26-27,29-30,32-33,35-36,52,55H,3-4,6,8-10,12,14-16,19,22,25,28,31,34,37-51H2,1-2H3/b7-5-,13-11-,18-17-,21-20-,24-23-,27-26-,30-29-,33-32-,36-35-. The zero-order valence-corrected chi connectivity index (χ0v) is 38.0. The van der Waals surface area contributed by atoms with E-state index in [-0.39, 0.29) is 25.2 Å². The van der Waals surface area contributed by atoms with E-state index in [4.69, 9.17) is 9.47 Å². The first-order chi connectivity index (χ1) is 29.1. The molecule has 1 N–H and O–H groups in total. The van der Waals surface area contributed by atoms with Gasteiger partial charge in [-0.25, -0.2) is 0 Å². The Bertz CT molecular complexity index is 1200. The van der Waals surface area contributed by atoms with Crippen molar-refractivity contribution in [1.82, 2.24) is 0 Å². The van der Waals surface area contributed by atoms with E-state index in [1.807, 2.05) is 0 Å². The Hall–Kier alpha value is -3.44. The van der Waals surface area contributed by atoms with Gasteiger partial charge < -0.3 is 14.6 Å². The quantitative estimate of drug-likeness (QED) is 0.0377. The second-order valence-corrected chi connectivity index (χ2v) is 15.5. The minimum absolute atomic E-state index is 0.0780. The van der Waals surface area contributed by atoms with Gasteiger partial charge in [0.15, 0.2) is 6.10 Å². The molecule has 0 aromatic heterocycles. The van der Waals surface area contributed by atoms with Crippen molar-refractivity contribution in [1.29, 1.82) is 0 Å². The van der Waals surface area contributed by atoms with E-state index in [0.717, 1.165) is 116 Å². The van der Waals surface area contributed by atoms with Crippen LogP contribution >= 0.6 is 0 Å². The Morgan fingerprint density at radius 1 is 0.407 bits per heavy atom. The highest BCUT2D eigenvalue weighted by atomic mass is 16.6. The number of allylic oxidation sites excluding steroid dienone is 18. The molecule has 0 bridgehead atoms. The van der Waals surface area contributed by atoms with Crippen LogP contribution in [0.25, 0.3) is 0 Å². The van der Waals surface area contributed by atoms with E-state index in [1.165, 1.54) is 57.8 Å². The fourth-order valence-electron chi connectivity index (χ4n) is 6.25. The zero-order valence-electron chi connectivity index (χ0n) is 38.0. The third-order valence-corrected chi connectivity index (χ3v) is 9.83. The lowest BCUT2D eigenvalue weighted by atomic mass is 10.0.